The highest BCUT2D eigenvalue weighted by Crippen LogP contribution is 2.30. The quantitative estimate of drug-likeness (QED) is 0.829. The van der Waals surface area contributed by atoms with Gasteiger partial charge in [0.15, 0.2) is 0 Å². The Balaban J connectivity index is 3.02. The van der Waals surface area contributed by atoms with Crippen LogP contribution in [0.5, 0.6) is 0 Å². The average molecular weight is 240 g/mol. The van der Waals surface area contributed by atoms with Gasteiger partial charge in [0.25, 0.3) is 0 Å². The molecule has 0 aromatic carbocycles. The van der Waals surface area contributed by atoms with Crippen molar-refractivity contribution >= 4 is 0 Å². The summed E-state index contributed by atoms with van der Waals surface area (Å²) >= 11 is 0. The van der Waals surface area contributed by atoms with E-state index in [2.05, 4.69) is 18.9 Å². The Morgan fingerprint density at radius 3 is 2.59 bits per heavy atom. The summed E-state index contributed by atoms with van der Waals surface area (Å²) in [4.78, 5) is 0. The molecule has 98 valence electrons. The number of hydrogen-bond donors (Lipinski definition) is 1. The van der Waals surface area contributed by atoms with Gasteiger partial charge in [-0.3, -0.25) is 4.68 Å². The number of ether oxygens (including phenoxy) is 1. The zero-order valence-electron chi connectivity index (χ0n) is 11.5. The molecule has 1 heterocycles. The number of aromatic nitrogens is 2. The topological polar surface area (TPSA) is 47.3 Å². The smallest absolute Gasteiger partial charge is 0.108 e. The maximum absolute atomic E-state index is 10.7. The van der Waals surface area contributed by atoms with Crippen LogP contribution in [0, 0.1) is 0 Å². The number of rotatable bonds is 6. The highest BCUT2D eigenvalue weighted by atomic mass is 16.5. The summed E-state index contributed by atoms with van der Waals surface area (Å²) in [5.41, 5.74) is 1.05. The molecule has 4 heteroatoms. The fourth-order valence-corrected chi connectivity index (χ4v) is 1.96. The Morgan fingerprint density at radius 1 is 1.53 bits per heavy atom. The predicted octanol–water partition coefficient (Wildman–Crippen LogP) is 2.18. The molecule has 17 heavy (non-hydrogen) atoms. The zero-order chi connectivity index (χ0) is 13.1. The third kappa shape index (κ3) is 3.07. The van der Waals surface area contributed by atoms with E-state index < -0.39 is 5.60 Å². The molecule has 1 aromatic rings. The molecule has 0 saturated heterocycles. The molecule has 0 amide bonds. The first-order valence-corrected chi connectivity index (χ1v) is 6.20. The Hall–Kier alpha value is -0.870. The van der Waals surface area contributed by atoms with Crippen molar-refractivity contribution in [3.05, 3.63) is 17.5 Å². The van der Waals surface area contributed by atoms with Crippen molar-refractivity contribution in [3.8, 4) is 0 Å². The summed E-state index contributed by atoms with van der Waals surface area (Å²) < 4.78 is 6.85. The van der Waals surface area contributed by atoms with E-state index in [1.807, 2.05) is 20.0 Å². The van der Waals surface area contributed by atoms with E-state index in [0.717, 1.165) is 11.4 Å². The van der Waals surface area contributed by atoms with Crippen LogP contribution < -0.4 is 0 Å². The monoisotopic (exact) mass is 240 g/mol. The molecular formula is C13H24N2O2. The second-order valence-electron chi connectivity index (χ2n) is 4.86. The molecule has 0 fully saturated rings. The standard InChI is InChI=1S/C13H24N2O2/c1-6-13(16,7-8-17-5)12-9-11(10(2)3)14-15(12)4/h9-10,16H,6-8H2,1-5H3. The second kappa shape index (κ2) is 5.65. The van der Waals surface area contributed by atoms with Crippen LogP contribution in [0.3, 0.4) is 0 Å². The van der Waals surface area contributed by atoms with E-state index in [-0.39, 0.29) is 0 Å². The molecule has 0 spiro atoms. The lowest BCUT2D eigenvalue weighted by molar-refractivity contribution is -0.00610. The highest BCUT2D eigenvalue weighted by molar-refractivity contribution is 5.19. The van der Waals surface area contributed by atoms with E-state index >= 15 is 0 Å². The van der Waals surface area contributed by atoms with Crippen molar-refractivity contribution in [2.45, 2.75) is 45.1 Å². The summed E-state index contributed by atoms with van der Waals surface area (Å²) in [7, 11) is 3.54. The minimum atomic E-state index is -0.842. The zero-order valence-corrected chi connectivity index (χ0v) is 11.5. The molecule has 1 atom stereocenters. The molecule has 1 unspecified atom stereocenters. The van der Waals surface area contributed by atoms with Crippen molar-refractivity contribution in [2.75, 3.05) is 13.7 Å². The maximum Gasteiger partial charge on any atom is 0.108 e. The number of nitrogens with zero attached hydrogens (tertiary/aromatic N) is 2. The molecule has 0 aliphatic rings. The summed E-state index contributed by atoms with van der Waals surface area (Å²) in [6.07, 6.45) is 1.25. The summed E-state index contributed by atoms with van der Waals surface area (Å²) in [6, 6.07) is 2.00. The number of aliphatic hydroxyl groups is 1. The van der Waals surface area contributed by atoms with Gasteiger partial charge in [0.05, 0.1) is 11.4 Å². The first-order valence-electron chi connectivity index (χ1n) is 6.20. The Morgan fingerprint density at radius 2 is 2.18 bits per heavy atom. The van der Waals surface area contributed by atoms with Gasteiger partial charge >= 0.3 is 0 Å². The van der Waals surface area contributed by atoms with Gasteiger partial charge in [-0.05, 0) is 18.4 Å². The lowest BCUT2D eigenvalue weighted by Crippen LogP contribution is -2.29. The van der Waals surface area contributed by atoms with E-state index in [1.165, 1.54) is 0 Å². The lowest BCUT2D eigenvalue weighted by atomic mass is 9.92. The molecule has 0 radical (unpaired) electrons. The maximum atomic E-state index is 10.7. The molecule has 4 nitrogen and oxygen atoms in total. The SMILES string of the molecule is CCC(O)(CCOC)c1cc(C(C)C)nn1C. The van der Waals surface area contributed by atoms with Gasteiger partial charge in [-0.2, -0.15) is 5.10 Å². The van der Waals surface area contributed by atoms with E-state index in [0.29, 0.717) is 25.4 Å². The van der Waals surface area contributed by atoms with Crippen molar-refractivity contribution in [2.24, 2.45) is 7.05 Å². The Labute approximate surface area is 104 Å². The first kappa shape index (κ1) is 14.2. The van der Waals surface area contributed by atoms with Crippen LogP contribution in [-0.4, -0.2) is 28.6 Å². The van der Waals surface area contributed by atoms with E-state index in [4.69, 9.17) is 4.74 Å². The average Bonchev–Trinajstić information content (AvgIpc) is 2.69. The second-order valence-corrected chi connectivity index (χ2v) is 4.86. The summed E-state index contributed by atoms with van der Waals surface area (Å²) in [6.45, 7) is 6.74. The molecular weight excluding hydrogens is 216 g/mol. The molecule has 0 aliphatic heterocycles. The minimum Gasteiger partial charge on any atom is -0.385 e. The Bertz CT molecular complexity index is 360. The fourth-order valence-electron chi connectivity index (χ4n) is 1.96. The van der Waals surface area contributed by atoms with Crippen molar-refractivity contribution in [3.63, 3.8) is 0 Å². The van der Waals surface area contributed by atoms with E-state index in [9.17, 15) is 5.11 Å². The molecule has 0 bridgehead atoms. The van der Waals surface area contributed by atoms with Gasteiger partial charge in [0.2, 0.25) is 0 Å². The number of hydrogen-bond acceptors (Lipinski definition) is 3. The van der Waals surface area contributed by atoms with E-state index in [1.54, 1.807) is 11.8 Å². The fraction of sp³-hybridized carbons (Fsp3) is 0.769. The Kier molecular flexibility index (Phi) is 4.71. The molecule has 0 saturated carbocycles. The van der Waals surface area contributed by atoms with Crippen molar-refractivity contribution in [1.29, 1.82) is 0 Å². The highest BCUT2D eigenvalue weighted by Gasteiger charge is 2.30. The van der Waals surface area contributed by atoms with Crippen LogP contribution in [0.1, 0.15) is 50.9 Å². The largest absolute Gasteiger partial charge is 0.385 e. The molecule has 1 N–H and O–H groups in total. The van der Waals surface area contributed by atoms with Crippen LogP contribution in [0.4, 0.5) is 0 Å². The van der Waals surface area contributed by atoms with Gasteiger partial charge in [-0.15, -0.1) is 0 Å². The van der Waals surface area contributed by atoms with Crippen LogP contribution in [0.15, 0.2) is 6.07 Å². The third-order valence-electron chi connectivity index (χ3n) is 3.27. The molecule has 1 rings (SSSR count). The van der Waals surface area contributed by atoms with Crippen LogP contribution in [-0.2, 0) is 17.4 Å². The summed E-state index contributed by atoms with van der Waals surface area (Å²) in [5, 5.41) is 15.1. The van der Waals surface area contributed by atoms with Gasteiger partial charge in [0.1, 0.15) is 5.60 Å². The van der Waals surface area contributed by atoms with Crippen molar-refractivity contribution in [1.82, 2.24) is 9.78 Å². The lowest BCUT2D eigenvalue weighted by Gasteiger charge is -2.26. The van der Waals surface area contributed by atoms with Crippen molar-refractivity contribution < 1.29 is 9.84 Å². The number of aryl methyl sites for hydroxylation is 1. The van der Waals surface area contributed by atoms with Gasteiger partial charge in [-0.1, -0.05) is 20.8 Å². The molecule has 1 aromatic heterocycles. The summed E-state index contributed by atoms with van der Waals surface area (Å²) in [5.74, 6) is 0.374. The van der Waals surface area contributed by atoms with Gasteiger partial charge in [-0.25, -0.2) is 0 Å². The number of methoxy groups -OCH3 is 1. The predicted molar refractivity (Wildman–Crippen MR) is 68.0 cm³/mol. The van der Waals surface area contributed by atoms with Crippen LogP contribution in [0.2, 0.25) is 0 Å². The van der Waals surface area contributed by atoms with Gasteiger partial charge < -0.3 is 9.84 Å². The molecule has 0 aliphatic carbocycles. The van der Waals surface area contributed by atoms with Crippen LogP contribution in [0.25, 0.3) is 0 Å². The third-order valence-corrected chi connectivity index (χ3v) is 3.27. The first-order chi connectivity index (χ1) is 7.94. The minimum absolute atomic E-state index is 0.374. The van der Waals surface area contributed by atoms with Gasteiger partial charge in [0, 0.05) is 27.2 Å². The normalized spacial score (nSPS) is 15.2. The van der Waals surface area contributed by atoms with Crippen LogP contribution >= 0.6 is 0 Å².